The van der Waals surface area contributed by atoms with Crippen molar-refractivity contribution >= 4 is 17.6 Å². The maximum absolute atomic E-state index is 11.3. The molecule has 3 rings (SSSR count). The van der Waals surface area contributed by atoms with Crippen LogP contribution in [-0.4, -0.2) is 27.2 Å². The van der Waals surface area contributed by atoms with Crippen LogP contribution in [0.4, 0.5) is 0 Å². The lowest BCUT2D eigenvalue weighted by atomic mass is 10.1. The van der Waals surface area contributed by atoms with Gasteiger partial charge in [-0.25, -0.2) is 4.98 Å². The van der Waals surface area contributed by atoms with Crippen molar-refractivity contribution in [1.82, 2.24) is 9.55 Å². The van der Waals surface area contributed by atoms with Gasteiger partial charge in [-0.2, -0.15) is 0 Å². The number of benzene rings is 2. The average molecular weight is 371 g/mol. The summed E-state index contributed by atoms with van der Waals surface area (Å²) in [6, 6.07) is 17.3. The minimum Gasteiger partial charge on any atom is -0.494 e. The Morgan fingerprint density at radius 3 is 2.46 bits per heavy atom. The number of rotatable bonds is 7. The fourth-order valence-electron chi connectivity index (χ4n) is 2.79. The van der Waals surface area contributed by atoms with Gasteiger partial charge in [-0.05, 0) is 24.6 Å². The monoisotopic (exact) mass is 370 g/mol. The quantitative estimate of drug-likeness (QED) is 0.674. The Bertz CT molecular complexity index is 889. The van der Waals surface area contributed by atoms with E-state index in [1.165, 1.54) is 0 Å². The summed E-state index contributed by atoms with van der Waals surface area (Å²) in [5, 5.41) is 9.46. The van der Waals surface area contributed by atoms with Crippen molar-refractivity contribution in [3.05, 3.63) is 71.0 Å². The van der Waals surface area contributed by atoms with Gasteiger partial charge in [0.2, 0.25) is 0 Å². The van der Waals surface area contributed by atoms with E-state index in [2.05, 4.69) is 4.98 Å². The van der Waals surface area contributed by atoms with E-state index < -0.39 is 5.97 Å². The average Bonchev–Trinajstić information content (AvgIpc) is 2.93. The number of carboxylic acid groups (broad SMARTS) is 1. The largest absolute Gasteiger partial charge is 0.494 e. The maximum atomic E-state index is 11.3. The fourth-order valence-corrected chi connectivity index (χ4v) is 3.04. The molecule has 0 aliphatic heterocycles. The van der Waals surface area contributed by atoms with Gasteiger partial charge in [-0.1, -0.05) is 54.1 Å². The summed E-state index contributed by atoms with van der Waals surface area (Å²) in [5.74, 6) is 0.508. The summed E-state index contributed by atoms with van der Waals surface area (Å²) in [6.45, 7) is 3.02. The molecule has 0 radical (unpaired) electrons. The Morgan fingerprint density at radius 1 is 1.15 bits per heavy atom. The molecule has 2 aromatic carbocycles. The standard InChI is InChI=1S/C20H19ClN2O3/c1-2-26-16-10-8-14(9-11-16)13-23-17(12-18(24)25)19(21)22-20(23)15-6-4-3-5-7-15/h3-11H,2,12-13H2,1H3,(H,24,25). The molecule has 5 nitrogen and oxygen atoms in total. The van der Waals surface area contributed by atoms with Crippen LogP contribution in [0.3, 0.4) is 0 Å². The molecule has 0 saturated carbocycles. The summed E-state index contributed by atoms with van der Waals surface area (Å²) in [5.41, 5.74) is 2.38. The van der Waals surface area contributed by atoms with E-state index in [-0.39, 0.29) is 11.6 Å². The number of carbonyl (C=O) groups is 1. The highest BCUT2D eigenvalue weighted by Crippen LogP contribution is 2.27. The minimum absolute atomic E-state index is 0.185. The Morgan fingerprint density at radius 2 is 1.85 bits per heavy atom. The van der Waals surface area contributed by atoms with Crippen molar-refractivity contribution in [1.29, 1.82) is 0 Å². The van der Waals surface area contributed by atoms with Crippen LogP contribution in [0.15, 0.2) is 54.6 Å². The number of halogens is 1. The number of carboxylic acids is 1. The predicted molar refractivity (Wildman–Crippen MR) is 101 cm³/mol. The Labute approximate surface area is 156 Å². The zero-order valence-electron chi connectivity index (χ0n) is 14.4. The van der Waals surface area contributed by atoms with Crippen molar-refractivity contribution < 1.29 is 14.6 Å². The van der Waals surface area contributed by atoms with Crippen LogP contribution >= 0.6 is 11.6 Å². The summed E-state index contributed by atoms with van der Waals surface area (Å²) < 4.78 is 7.33. The molecular formula is C20H19ClN2O3. The number of aliphatic carboxylic acids is 1. The van der Waals surface area contributed by atoms with Gasteiger partial charge < -0.3 is 14.4 Å². The van der Waals surface area contributed by atoms with E-state index in [0.717, 1.165) is 16.9 Å². The van der Waals surface area contributed by atoms with Crippen molar-refractivity contribution in [3.63, 3.8) is 0 Å². The molecule has 134 valence electrons. The summed E-state index contributed by atoms with van der Waals surface area (Å²) in [4.78, 5) is 15.7. The van der Waals surface area contributed by atoms with Crippen LogP contribution in [-0.2, 0) is 17.8 Å². The van der Waals surface area contributed by atoms with Crippen LogP contribution in [0.5, 0.6) is 5.75 Å². The van der Waals surface area contributed by atoms with Crippen LogP contribution < -0.4 is 4.74 Å². The van der Waals surface area contributed by atoms with E-state index in [0.29, 0.717) is 24.7 Å². The molecule has 1 N–H and O–H groups in total. The first-order valence-electron chi connectivity index (χ1n) is 8.32. The van der Waals surface area contributed by atoms with E-state index in [9.17, 15) is 9.90 Å². The fraction of sp³-hybridized carbons (Fsp3) is 0.200. The Kier molecular flexibility index (Phi) is 5.58. The first-order valence-corrected chi connectivity index (χ1v) is 8.70. The van der Waals surface area contributed by atoms with Gasteiger partial charge in [-0.15, -0.1) is 0 Å². The lowest BCUT2D eigenvalue weighted by Gasteiger charge is -2.12. The normalized spacial score (nSPS) is 10.7. The van der Waals surface area contributed by atoms with Gasteiger partial charge in [0, 0.05) is 12.1 Å². The van der Waals surface area contributed by atoms with Gasteiger partial charge in [0.1, 0.15) is 11.6 Å². The molecule has 26 heavy (non-hydrogen) atoms. The predicted octanol–water partition coefficient (Wildman–Crippen LogP) is 4.28. The van der Waals surface area contributed by atoms with Crippen LogP contribution in [0, 0.1) is 0 Å². The third kappa shape index (κ3) is 4.06. The molecule has 0 bridgehead atoms. The molecule has 0 saturated heterocycles. The molecule has 0 fully saturated rings. The molecular weight excluding hydrogens is 352 g/mol. The first kappa shape index (κ1) is 18.0. The van der Waals surface area contributed by atoms with Crippen LogP contribution in [0.25, 0.3) is 11.4 Å². The zero-order chi connectivity index (χ0) is 18.5. The number of nitrogens with zero attached hydrogens (tertiary/aromatic N) is 2. The molecule has 3 aromatic rings. The van der Waals surface area contributed by atoms with Crippen molar-refractivity contribution in [2.75, 3.05) is 6.61 Å². The lowest BCUT2D eigenvalue weighted by molar-refractivity contribution is -0.136. The van der Waals surface area contributed by atoms with Crippen molar-refractivity contribution in [2.45, 2.75) is 19.9 Å². The maximum Gasteiger partial charge on any atom is 0.309 e. The van der Waals surface area contributed by atoms with Crippen LogP contribution in [0.1, 0.15) is 18.2 Å². The molecule has 1 heterocycles. The van der Waals surface area contributed by atoms with Gasteiger partial charge in [0.25, 0.3) is 0 Å². The lowest BCUT2D eigenvalue weighted by Crippen LogP contribution is -2.11. The SMILES string of the molecule is CCOc1ccc(Cn2c(-c3ccccc3)nc(Cl)c2CC(=O)O)cc1. The second-order valence-corrected chi connectivity index (χ2v) is 6.13. The zero-order valence-corrected chi connectivity index (χ0v) is 15.1. The van der Waals surface area contributed by atoms with E-state index in [1.807, 2.05) is 66.1 Å². The highest BCUT2D eigenvalue weighted by Gasteiger charge is 2.19. The van der Waals surface area contributed by atoms with E-state index in [4.69, 9.17) is 16.3 Å². The van der Waals surface area contributed by atoms with Crippen molar-refractivity contribution in [2.24, 2.45) is 0 Å². The second-order valence-electron chi connectivity index (χ2n) is 5.77. The van der Waals surface area contributed by atoms with Gasteiger partial charge >= 0.3 is 5.97 Å². The number of hydrogen-bond acceptors (Lipinski definition) is 3. The van der Waals surface area contributed by atoms with Crippen molar-refractivity contribution in [3.8, 4) is 17.1 Å². The Balaban J connectivity index is 2.01. The molecule has 0 atom stereocenters. The van der Waals surface area contributed by atoms with Gasteiger partial charge in [-0.3, -0.25) is 4.79 Å². The highest BCUT2D eigenvalue weighted by molar-refractivity contribution is 6.30. The molecule has 0 aliphatic carbocycles. The molecule has 0 spiro atoms. The molecule has 1 aromatic heterocycles. The first-order chi connectivity index (χ1) is 12.6. The third-order valence-corrected chi connectivity index (χ3v) is 4.25. The number of imidazole rings is 1. The van der Waals surface area contributed by atoms with Gasteiger partial charge in [0.05, 0.1) is 18.7 Å². The summed E-state index contributed by atoms with van der Waals surface area (Å²) in [7, 11) is 0. The Hall–Kier alpha value is -2.79. The highest BCUT2D eigenvalue weighted by atomic mass is 35.5. The molecule has 0 unspecified atom stereocenters. The third-order valence-electron chi connectivity index (χ3n) is 3.95. The number of hydrogen-bond donors (Lipinski definition) is 1. The van der Waals surface area contributed by atoms with E-state index in [1.54, 1.807) is 0 Å². The smallest absolute Gasteiger partial charge is 0.309 e. The molecule has 0 amide bonds. The molecule has 6 heteroatoms. The number of aromatic nitrogens is 2. The second kappa shape index (κ2) is 8.06. The summed E-state index contributed by atoms with van der Waals surface area (Å²) >= 11 is 6.26. The minimum atomic E-state index is -0.945. The van der Waals surface area contributed by atoms with E-state index >= 15 is 0 Å². The van der Waals surface area contributed by atoms with Gasteiger partial charge in [0.15, 0.2) is 5.15 Å². The summed E-state index contributed by atoms with van der Waals surface area (Å²) in [6.07, 6.45) is -0.185. The molecule has 0 aliphatic rings. The number of ether oxygens (including phenoxy) is 1. The topological polar surface area (TPSA) is 64.4 Å². The van der Waals surface area contributed by atoms with Crippen LogP contribution in [0.2, 0.25) is 5.15 Å².